The summed E-state index contributed by atoms with van der Waals surface area (Å²) in [6, 6.07) is 0. The molecule has 0 saturated heterocycles. The molecule has 124 valence electrons. The fraction of sp³-hybridized carbons (Fsp3) is 0.818. The lowest BCUT2D eigenvalue weighted by Crippen LogP contribution is -2.50. The summed E-state index contributed by atoms with van der Waals surface area (Å²) in [6.07, 6.45) is 0.665. The minimum absolute atomic E-state index is 0.0539. The maximum Gasteiger partial charge on any atom is 0.321 e. The minimum Gasteiger partial charge on any atom is -0.759 e. The van der Waals surface area contributed by atoms with Gasteiger partial charge in [-0.2, -0.15) is 0 Å². The summed E-state index contributed by atoms with van der Waals surface area (Å²) in [5, 5.41) is 0. The van der Waals surface area contributed by atoms with Gasteiger partial charge in [-0.3, -0.25) is 13.8 Å². The third-order valence-electron chi connectivity index (χ3n) is 2.61. The number of carbonyl (C=O) groups is 2. The largest absolute Gasteiger partial charge is 0.759 e. The standard InChI is InChI=1S/C11H21NO7S2/c1-8(13)11(5,9(14)19-10(2,3)4)7-12(20(15)16)21(6,17)18/h7H2,1-6H3,(H,15,16)/p-1. The minimum atomic E-state index is -4.15. The van der Waals surface area contributed by atoms with E-state index in [9.17, 15) is 26.8 Å². The van der Waals surface area contributed by atoms with Crippen LogP contribution >= 0.6 is 0 Å². The zero-order chi connectivity index (χ0) is 17.2. The summed E-state index contributed by atoms with van der Waals surface area (Å²) in [4.78, 5) is 23.9. The van der Waals surface area contributed by atoms with Gasteiger partial charge in [-0.05, 0) is 34.6 Å². The first-order chi connectivity index (χ1) is 9.11. The van der Waals surface area contributed by atoms with Crippen LogP contribution < -0.4 is 0 Å². The molecule has 0 aromatic heterocycles. The predicted molar refractivity (Wildman–Crippen MR) is 75.1 cm³/mol. The third kappa shape index (κ3) is 5.81. The van der Waals surface area contributed by atoms with E-state index in [1.54, 1.807) is 20.8 Å². The average Bonchev–Trinajstić information content (AvgIpc) is 2.20. The molecule has 0 aromatic carbocycles. The van der Waals surface area contributed by atoms with E-state index < -0.39 is 50.6 Å². The number of hydrogen-bond donors (Lipinski definition) is 0. The van der Waals surface area contributed by atoms with Crippen molar-refractivity contribution in [2.24, 2.45) is 5.41 Å². The number of ketones is 1. The van der Waals surface area contributed by atoms with Crippen LogP contribution in [-0.2, 0) is 35.6 Å². The number of rotatable bonds is 6. The van der Waals surface area contributed by atoms with Crippen LogP contribution in [0.25, 0.3) is 0 Å². The predicted octanol–water partition coefficient (Wildman–Crippen LogP) is -0.0209. The number of carbonyl (C=O) groups excluding carboxylic acids is 2. The van der Waals surface area contributed by atoms with Gasteiger partial charge >= 0.3 is 5.97 Å². The van der Waals surface area contributed by atoms with Gasteiger partial charge in [0.2, 0.25) is 10.0 Å². The van der Waals surface area contributed by atoms with Gasteiger partial charge in [-0.25, -0.2) is 8.42 Å². The second-order valence-corrected chi connectivity index (χ2v) is 8.84. The monoisotopic (exact) mass is 342 g/mol. The summed E-state index contributed by atoms with van der Waals surface area (Å²) < 4.78 is 50.1. The van der Waals surface area contributed by atoms with Crippen molar-refractivity contribution < 1.29 is 31.5 Å². The van der Waals surface area contributed by atoms with E-state index in [0.29, 0.717) is 6.26 Å². The highest BCUT2D eigenvalue weighted by Crippen LogP contribution is 2.26. The second-order valence-electron chi connectivity index (χ2n) is 5.83. The van der Waals surface area contributed by atoms with Gasteiger partial charge in [0.25, 0.3) is 0 Å². The molecule has 0 saturated carbocycles. The molecule has 0 bridgehead atoms. The highest BCUT2D eigenvalue weighted by atomic mass is 32.3. The first-order valence-electron chi connectivity index (χ1n) is 5.93. The van der Waals surface area contributed by atoms with Crippen LogP contribution in [0.15, 0.2) is 0 Å². The van der Waals surface area contributed by atoms with E-state index in [1.165, 1.54) is 0 Å². The van der Waals surface area contributed by atoms with Crippen molar-refractivity contribution in [3.05, 3.63) is 0 Å². The number of sulfonamides is 1. The maximum atomic E-state index is 12.1. The molecule has 2 atom stereocenters. The van der Waals surface area contributed by atoms with Gasteiger partial charge in [-0.1, -0.05) is 0 Å². The van der Waals surface area contributed by atoms with Crippen molar-refractivity contribution in [3.8, 4) is 0 Å². The fourth-order valence-corrected chi connectivity index (χ4v) is 2.99. The SMILES string of the molecule is CC(=O)C(C)(CN(S(=O)[O-])S(C)(=O)=O)C(=O)OC(C)(C)C. The molecule has 0 aliphatic carbocycles. The number of hydrogen-bond acceptors (Lipinski definition) is 7. The Hall–Kier alpha value is -0.840. The van der Waals surface area contributed by atoms with Crippen LogP contribution in [0.1, 0.15) is 34.6 Å². The van der Waals surface area contributed by atoms with Crippen molar-refractivity contribution in [3.63, 3.8) is 0 Å². The number of ether oxygens (including phenoxy) is 1. The molecule has 0 fully saturated rings. The van der Waals surface area contributed by atoms with Gasteiger partial charge in [-0.15, -0.1) is 3.71 Å². The molecule has 0 amide bonds. The Labute approximate surface area is 127 Å². The van der Waals surface area contributed by atoms with E-state index in [-0.39, 0.29) is 3.71 Å². The Morgan fingerprint density at radius 2 is 1.67 bits per heavy atom. The van der Waals surface area contributed by atoms with Gasteiger partial charge in [0.05, 0.1) is 6.26 Å². The molecule has 0 aliphatic heterocycles. The molecule has 0 aromatic rings. The average molecular weight is 342 g/mol. The van der Waals surface area contributed by atoms with E-state index >= 15 is 0 Å². The Morgan fingerprint density at radius 1 is 1.24 bits per heavy atom. The molecule has 10 heteroatoms. The highest BCUT2D eigenvalue weighted by Gasteiger charge is 2.45. The number of nitrogens with zero attached hydrogens (tertiary/aromatic N) is 1. The first-order valence-corrected chi connectivity index (χ1v) is 8.81. The molecule has 0 radical (unpaired) electrons. The molecule has 0 aliphatic rings. The Balaban J connectivity index is 5.64. The lowest BCUT2D eigenvalue weighted by molar-refractivity contribution is -0.169. The van der Waals surface area contributed by atoms with Crippen LogP contribution in [0.3, 0.4) is 0 Å². The molecular formula is C11H20NO7S2-. The second kappa shape index (κ2) is 6.51. The summed E-state index contributed by atoms with van der Waals surface area (Å²) >= 11 is -3.14. The summed E-state index contributed by atoms with van der Waals surface area (Å²) in [6.45, 7) is 6.10. The molecule has 21 heavy (non-hydrogen) atoms. The van der Waals surface area contributed by atoms with Crippen molar-refractivity contribution in [2.75, 3.05) is 12.8 Å². The first kappa shape index (κ1) is 20.2. The summed E-state index contributed by atoms with van der Waals surface area (Å²) in [5.74, 6) is -1.68. The van der Waals surface area contributed by atoms with Crippen LogP contribution in [-0.4, -0.2) is 51.0 Å². The van der Waals surface area contributed by atoms with Gasteiger partial charge in [0.15, 0.2) is 0 Å². The molecule has 2 unspecified atom stereocenters. The number of Topliss-reactive ketones (excluding diaryl/α,β-unsaturated/α-hetero) is 1. The van der Waals surface area contributed by atoms with Crippen LogP contribution in [0.4, 0.5) is 0 Å². The molecular weight excluding hydrogens is 322 g/mol. The maximum absolute atomic E-state index is 12.1. The third-order valence-corrected chi connectivity index (χ3v) is 5.12. The normalized spacial score (nSPS) is 17.1. The summed E-state index contributed by atoms with van der Waals surface area (Å²) in [7, 11) is -4.15. The van der Waals surface area contributed by atoms with E-state index in [1.807, 2.05) is 0 Å². The lowest BCUT2D eigenvalue weighted by atomic mass is 9.86. The smallest absolute Gasteiger partial charge is 0.321 e. The molecule has 0 N–H and O–H groups in total. The number of esters is 1. The zero-order valence-electron chi connectivity index (χ0n) is 12.8. The molecule has 0 rings (SSSR count). The Bertz CT molecular complexity index is 549. The van der Waals surface area contributed by atoms with Crippen LogP contribution in [0, 0.1) is 5.41 Å². The Morgan fingerprint density at radius 3 is 1.90 bits per heavy atom. The lowest BCUT2D eigenvalue weighted by Gasteiger charge is -2.33. The van der Waals surface area contributed by atoms with Crippen LogP contribution in [0.5, 0.6) is 0 Å². The van der Waals surface area contributed by atoms with E-state index in [0.717, 1.165) is 13.8 Å². The van der Waals surface area contributed by atoms with Crippen molar-refractivity contribution in [2.45, 2.75) is 40.2 Å². The van der Waals surface area contributed by atoms with Gasteiger partial charge in [0.1, 0.15) is 16.8 Å². The quantitative estimate of drug-likeness (QED) is 0.378. The van der Waals surface area contributed by atoms with E-state index in [2.05, 4.69) is 0 Å². The fourth-order valence-electron chi connectivity index (χ4n) is 1.25. The zero-order valence-corrected chi connectivity index (χ0v) is 14.5. The van der Waals surface area contributed by atoms with Crippen molar-refractivity contribution in [1.82, 2.24) is 3.71 Å². The summed E-state index contributed by atoms with van der Waals surface area (Å²) in [5.41, 5.74) is -2.82. The molecule has 0 heterocycles. The molecule has 0 spiro atoms. The van der Waals surface area contributed by atoms with Gasteiger partial charge < -0.3 is 9.29 Å². The van der Waals surface area contributed by atoms with Crippen LogP contribution in [0.2, 0.25) is 0 Å². The van der Waals surface area contributed by atoms with Crippen molar-refractivity contribution >= 4 is 33.0 Å². The van der Waals surface area contributed by atoms with Crippen molar-refractivity contribution in [1.29, 1.82) is 0 Å². The topological polar surface area (TPSA) is 121 Å². The highest BCUT2D eigenvalue weighted by molar-refractivity contribution is 7.98. The van der Waals surface area contributed by atoms with Gasteiger partial charge in [0, 0.05) is 17.8 Å². The Kier molecular flexibility index (Phi) is 6.25. The van der Waals surface area contributed by atoms with E-state index in [4.69, 9.17) is 4.74 Å². The molecule has 8 nitrogen and oxygen atoms in total.